The quantitative estimate of drug-likeness (QED) is 0.428. The standard InChI is InChI=1S/C17H14N4O3S/c1-25-14-4-2-3-13(10-14)19-17(22)12-5-6-15(16(9-12)21(23)24)20-8-7-18-11-20/h2-11H,1H3,(H,19,22). The van der Waals surface area contributed by atoms with Crippen molar-refractivity contribution in [2.45, 2.75) is 4.90 Å². The summed E-state index contributed by atoms with van der Waals surface area (Å²) in [6.07, 6.45) is 6.55. The van der Waals surface area contributed by atoms with Gasteiger partial charge in [-0.2, -0.15) is 0 Å². The number of nitro benzene ring substituents is 1. The molecule has 0 unspecified atom stereocenters. The fourth-order valence-electron chi connectivity index (χ4n) is 2.33. The molecule has 0 aliphatic rings. The van der Waals surface area contributed by atoms with Crippen LogP contribution in [0, 0.1) is 10.1 Å². The van der Waals surface area contributed by atoms with Crippen molar-refractivity contribution in [3.8, 4) is 5.69 Å². The Labute approximate surface area is 147 Å². The molecule has 7 nitrogen and oxygen atoms in total. The Morgan fingerprint density at radius 1 is 1.28 bits per heavy atom. The molecule has 25 heavy (non-hydrogen) atoms. The Bertz CT molecular complexity index is 925. The van der Waals surface area contributed by atoms with Crippen molar-refractivity contribution in [2.75, 3.05) is 11.6 Å². The molecule has 1 N–H and O–H groups in total. The van der Waals surface area contributed by atoms with Crippen molar-refractivity contribution in [2.24, 2.45) is 0 Å². The number of benzene rings is 2. The largest absolute Gasteiger partial charge is 0.322 e. The normalized spacial score (nSPS) is 10.4. The van der Waals surface area contributed by atoms with Crippen LogP contribution in [0.5, 0.6) is 0 Å². The molecule has 0 radical (unpaired) electrons. The molecule has 0 aliphatic carbocycles. The van der Waals surface area contributed by atoms with E-state index in [1.807, 2.05) is 24.5 Å². The van der Waals surface area contributed by atoms with E-state index in [0.29, 0.717) is 11.4 Å². The molecule has 126 valence electrons. The molecule has 3 rings (SSSR count). The summed E-state index contributed by atoms with van der Waals surface area (Å²) in [6.45, 7) is 0. The van der Waals surface area contributed by atoms with E-state index in [2.05, 4.69) is 10.3 Å². The van der Waals surface area contributed by atoms with Crippen molar-refractivity contribution in [1.29, 1.82) is 0 Å². The van der Waals surface area contributed by atoms with Gasteiger partial charge in [0.1, 0.15) is 5.69 Å². The Hall–Kier alpha value is -3.13. The summed E-state index contributed by atoms with van der Waals surface area (Å²) in [4.78, 5) is 28.2. The zero-order valence-electron chi connectivity index (χ0n) is 13.2. The third-order valence-electron chi connectivity index (χ3n) is 3.54. The van der Waals surface area contributed by atoms with E-state index in [4.69, 9.17) is 0 Å². The highest BCUT2D eigenvalue weighted by atomic mass is 32.2. The van der Waals surface area contributed by atoms with Crippen LogP contribution < -0.4 is 5.32 Å². The highest BCUT2D eigenvalue weighted by Gasteiger charge is 2.19. The van der Waals surface area contributed by atoms with Gasteiger partial charge in [0.05, 0.1) is 11.3 Å². The van der Waals surface area contributed by atoms with Gasteiger partial charge in [0.15, 0.2) is 0 Å². The maximum Gasteiger partial charge on any atom is 0.294 e. The Kier molecular flexibility index (Phi) is 4.80. The summed E-state index contributed by atoms with van der Waals surface area (Å²) >= 11 is 1.56. The van der Waals surface area contributed by atoms with Crippen LogP contribution in [-0.4, -0.2) is 26.6 Å². The Balaban J connectivity index is 1.90. The third-order valence-corrected chi connectivity index (χ3v) is 4.27. The minimum Gasteiger partial charge on any atom is -0.322 e. The SMILES string of the molecule is CSc1cccc(NC(=O)c2ccc(-n3ccnc3)c([N+](=O)[O-])c2)c1. The number of nitro groups is 1. The molecule has 0 aliphatic heterocycles. The number of carbonyl (C=O) groups is 1. The van der Waals surface area contributed by atoms with Crippen LogP contribution in [0.25, 0.3) is 5.69 Å². The van der Waals surface area contributed by atoms with Crippen molar-refractivity contribution < 1.29 is 9.72 Å². The molecular formula is C17H14N4O3S. The predicted molar refractivity (Wildman–Crippen MR) is 96.4 cm³/mol. The monoisotopic (exact) mass is 354 g/mol. The Morgan fingerprint density at radius 3 is 2.80 bits per heavy atom. The van der Waals surface area contributed by atoms with Crippen LogP contribution in [0.2, 0.25) is 0 Å². The molecule has 0 bridgehead atoms. The van der Waals surface area contributed by atoms with Gasteiger partial charge >= 0.3 is 0 Å². The van der Waals surface area contributed by atoms with E-state index in [1.165, 1.54) is 29.2 Å². The molecule has 0 spiro atoms. The smallest absolute Gasteiger partial charge is 0.294 e. The summed E-state index contributed by atoms with van der Waals surface area (Å²) in [5, 5.41) is 14.1. The van der Waals surface area contributed by atoms with E-state index >= 15 is 0 Å². The van der Waals surface area contributed by atoms with E-state index < -0.39 is 10.8 Å². The van der Waals surface area contributed by atoms with Gasteiger partial charge in [-0.1, -0.05) is 6.07 Å². The minimum atomic E-state index is -0.513. The average molecular weight is 354 g/mol. The van der Waals surface area contributed by atoms with E-state index in [-0.39, 0.29) is 11.3 Å². The number of nitrogens with one attached hydrogen (secondary N) is 1. The van der Waals surface area contributed by atoms with Gasteiger partial charge in [-0.25, -0.2) is 4.98 Å². The van der Waals surface area contributed by atoms with Crippen LogP contribution in [0.1, 0.15) is 10.4 Å². The van der Waals surface area contributed by atoms with Gasteiger partial charge in [-0.3, -0.25) is 14.9 Å². The average Bonchev–Trinajstić information content (AvgIpc) is 3.15. The predicted octanol–water partition coefficient (Wildman–Crippen LogP) is 3.75. The molecular weight excluding hydrogens is 340 g/mol. The number of carbonyl (C=O) groups excluding carboxylic acids is 1. The first kappa shape index (κ1) is 16.7. The summed E-state index contributed by atoms with van der Waals surface area (Å²) in [7, 11) is 0. The van der Waals surface area contributed by atoms with Crippen LogP contribution >= 0.6 is 11.8 Å². The summed E-state index contributed by atoms with van der Waals surface area (Å²) in [5.74, 6) is -0.404. The molecule has 1 amide bonds. The summed E-state index contributed by atoms with van der Waals surface area (Å²) in [6, 6.07) is 11.7. The summed E-state index contributed by atoms with van der Waals surface area (Å²) in [5.41, 5.74) is 1.04. The van der Waals surface area contributed by atoms with E-state index in [1.54, 1.807) is 30.1 Å². The van der Waals surface area contributed by atoms with Crippen molar-refractivity contribution in [3.63, 3.8) is 0 Å². The second-order valence-electron chi connectivity index (χ2n) is 5.12. The first-order chi connectivity index (χ1) is 12.1. The molecule has 3 aromatic rings. The number of imidazole rings is 1. The van der Waals surface area contributed by atoms with Crippen molar-refractivity contribution in [3.05, 3.63) is 76.9 Å². The zero-order chi connectivity index (χ0) is 17.8. The lowest BCUT2D eigenvalue weighted by Crippen LogP contribution is -2.12. The topological polar surface area (TPSA) is 90.1 Å². The molecule has 0 atom stereocenters. The van der Waals surface area contributed by atoms with Gasteiger partial charge in [-0.05, 0) is 36.6 Å². The number of anilines is 1. The zero-order valence-corrected chi connectivity index (χ0v) is 14.1. The van der Waals surface area contributed by atoms with Crippen LogP contribution in [0.4, 0.5) is 11.4 Å². The van der Waals surface area contributed by atoms with E-state index in [0.717, 1.165) is 4.90 Å². The van der Waals surface area contributed by atoms with Crippen LogP contribution in [0.15, 0.2) is 66.1 Å². The number of rotatable bonds is 5. The first-order valence-corrected chi connectivity index (χ1v) is 8.53. The lowest BCUT2D eigenvalue weighted by atomic mass is 10.1. The lowest BCUT2D eigenvalue weighted by Gasteiger charge is -2.08. The highest BCUT2D eigenvalue weighted by Crippen LogP contribution is 2.25. The second-order valence-corrected chi connectivity index (χ2v) is 6.00. The van der Waals surface area contributed by atoms with Gasteiger partial charge < -0.3 is 9.88 Å². The number of hydrogen-bond donors (Lipinski definition) is 1. The minimum absolute atomic E-state index is 0.163. The van der Waals surface area contributed by atoms with Crippen molar-refractivity contribution in [1.82, 2.24) is 9.55 Å². The molecule has 0 fully saturated rings. The van der Waals surface area contributed by atoms with E-state index in [9.17, 15) is 14.9 Å². The van der Waals surface area contributed by atoms with Gasteiger partial charge in [0, 0.05) is 34.6 Å². The van der Waals surface area contributed by atoms with Crippen LogP contribution in [-0.2, 0) is 0 Å². The molecule has 2 aromatic carbocycles. The maximum atomic E-state index is 12.4. The molecule has 0 saturated carbocycles. The molecule has 1 heterocycles. The molecule has 1 aromatic heterocycles. The number of amides is 1. The van der Waals surface area contributed by atoms with Gasteiger partial charge in [0.2, 0.25) is 0 Å². The molecule has 0 saturated heterocycles. The molecule has 8 heteroatoms. The number of thioether (sulfide) groups is 1. The third kappa shape index (κ3) is 3.69. The maximum absolute atomic E-state index is 12.4. The number of nitrogens with zero attached hydrogens (tertiary/aromatic N) is 3. The number of hydrogen-bond acceptors (Lipinski definition) is 5. The van der Waals surface area contributed by atoms with Gasteiger partial charge in [0.25, 0.3) is 11.6 Å². The fourth-order valence-corrected chi connectivity index (χ4v) is 2.79. The summed E-state index contributed by atoms with van der Waals surface area (Å²) < 4.78 is 1.53. The Morgan fingerprint density at radius 2 is 2.12 bits per heavy atom. The van der Waals surface area contributed by atoms with Gasteiger partial charge in [-0.15, -0.1) is 11.8 Å². The fraction of sp³-hybridized carbons (Fsp3) is 0.0588. The first-order valence-electron chi connectivity index (χ1n) is 7.30. The van der Waals surface area contributed by atoms with Crippen molar-refractivity contribution >= 4 is 29.0 Å². The lowest BCUT2D eigenvalue weighted by molar-refractivity contribution is -0.384. The number of aromatic nitrogens is 2. The highest BCUT2D eigenvalue weighted by molar-refractivity contribution is 7.98. The van der Waals surface area contributed by atoms with Crippen LogP contribution in [0.3, 0.4) is 0 Å². The second kappa shape index (κ2) is 7.18.